The van der Waals surface area contributed by atoms with Crippen LogP contribution < -0.4 is 11.1 Å². The molecule has 0 fully saturated rings. The van der Waals surface area contributed by atoms with E-state index in [1.54, 1.807) is 6.07 Å². The van der Waals surface area contributed by atoms with Crippen molar-refractivity contribution < 1.29 is 4.39 Å². The zero-order valence-corrected chi connectivity index (χ0v) is 7.60. The maximum atomic E-state index is 13.6. The van der Waals surface area contributed by atoms with E-state index in [0.717, 1.165) is 24.1 Å². The lowest BCUT2D eigenvalue weighted by atomic mass is 9.94. The first kappa shape index (κ1) is 8.51. The van der Waals surface area contributed by atoms with Gasteiger partial charge in [0.1, 0.15) is 0 Å². The van der Waals surface area contributed by atoms with Crippen molar-refractivity contribution in [1.29, 1.82) is 0 Å². The number of fused-ring (bicyclic) bond motifs is 1. The number of nitrogens with two attached hydrogens (primary N) is 1. The normalized spacial score (nSPS) is 21.2. The summed E-state index contributed by atoms with van der Waals surface area (Å²) in [7, 11) is 0. The Balaban J connectivity index is 2.58. The average Bonchev–Trinajstić information content (AvgIpc) is 2.12. The Morgan fingerprint density at radius 3 is 3.08 bits per heavy atom. The van der Waals surface area contributed by atoms with Gasteiger partial charge in [0, 0.05) is 11.6 Å². The molecule has 1 heterocycles. The first-order valence-electron chi connectivity index (χ1n) is 4.50. The minimum atomic E-state index is -0.253. The lowest BCUT2D eigenvalue weighted by Gasteiger charge is -2.24. The molecule has 1 unspecified atom stereocenters. The topological polar surface area (TPSA) is 38.0 Å². The molecule has 1 atom stereocenters. The van der Waals surface area contributed by atoms with Crippen molar-refractivity contribution in [2.24, 2.45) is 0 Å². The zero-order chi connectivity index (χ0) is 9.42. The van der Waals surface area contributed by atoms with Gasteiger partial charge in [-0.05, 0) is 31.5 Å². The van der Waals surface area contributed by atoms with Crippen LogP contribution in [0.4, 0.5) is 10.1 Å². The number of hydrogen-bond donors (Lipinski definition) is 2. The number of halogens is 1. The number of nitrogens with one attached hydrogen (secondary N) is 1. The zero-order valence-electron chi connectivity index (χ0n) is 7.60. The van der Waals surface area contributed by atoms with Crippen LogP contribution in [-0.2, 0) is 6.42 Å². The standard InChI is InChI=1S/C10H13FN2/c1-6-9-7(4-5-13-6)2-3-8(12)10(9)11/h2-3,6,13H,4-5,12H2,1H3. The van der Waals surface area contributed by atoms with Gasteiger partial charge >= 0.3 is 0 Å². The molecule has 1 aliphatic rings. The predicted molar refractivity (Wildman–Crippen MR) is 50.9 cm³/mol. The molecule has 3 N–H and O–H groups in total. The van der Waals surface area contributed by atoms with Crippen molar-refractivity contribution in [3.63, 3.8) is 0 Å². The lowest BCUT2D eigenvalue weighted by Crippen LogP contribution is -2.29. The van der Waals surface area contributed by atoms with E-state index in [4.69, 9.17) is 5.73 Å². The molecule has 3 heteroatoms. The van der Waals surface area contributed by atoms with E-state index in [9.17, 15) is 4.39 Å². The van der Waals surface area contributed by atoms with Gasteiger partial charge in [0.15, 0.2) is 5.82 Å². The maximum Gasteiger partial charge on any atom is 0.151 e. The minimum absolute atomic E-state index is 0.0762. The summed E-state index contributed by atoms with van der Waals surface area (Å²) in [5, 5.41) is 3.21. The molecule has 1 aliphatic heterocycles. The summed E-state index contributed by atoms with van der Waals surface area (Å²) in [5.74, 6) is -0.253. The van der Waals surface area contributed by atoms with E-state index >= 15 is 0 Å². The Labute approximate surface area is 76.9 Å². The molecule has 0 bridgehead atoms. The lowest BCUT2D eigenvalue weighted by molar-refractivity contribution is 0.501. The molecule has 0 spiro atoms. The number of rotatable bonds is 0. The van der Waals surface area contributed by atoms with Gasteiger partial charge < -0.3 is 11.1 Å². The summed E-state index contributed by atoms with van der Waals surface area (Å²) in [6.07, 6.45) is 0.886. The SMILES string of the molecule is CC1NCCc2ccc(N)c(F)c21. The van der Waals surface area contributed by atoms with Crippen molar-refractivity contribution in [3.8, 4) is 0 Å². The van der Waals surface area contributed by atoms with E-state index < -0.39 is 0 Å². The van der Waals surface area contributed by atoms with Crippen molar-refractivity contribution >= 4 is 5.69 Å². The summed E-state index contributed by atoms with van der Waals surface area (Å²) in [6, 6.07) is 3.64. The maximum absolute atomic E-state index is 13.6. The van der Waals surface area contributed by atoms with Gasteiger partial charge in [-0.15, -0.1) is 0 Å². The van der Waals surface area contributed by atoms with Crippen molar-refractivity contribution in [2.75, 3.05) is 12.3 Å². The van der Waals surface area contributed by atoms with E-state index in [0.29, 0.717) is 0 Å². The largest absolute Gasteiger partial charge is 0.396 e. The molecule has 13 heavy (non-hydrogen) atoms. The minimum Gasteiger partial charge on any atom is -0.396 e. The first-order chi connectivity index (χ1) is 6.20. The molecule has 2 nitrogen and oxygen atoms in total. The third-order valence-corrected chi connectivity index (χ3v) is 2.58. The monoisotopic (exact) mass is 180 g/mol. The Hall–Kier alpha value is -1.09. The highest BCUT2D eigenvalue weighted by molar-refractivity contribution is 5.48. The van der Waals surface area contributed by atoms with E-state index in [-0.39, 0.29) is 17.5 Å². The molecular formula is C10H13FN2. The fourth-order valence-electron chi connectivity index (χ4n) is 1.86. The van der Waals surface area contributed by atoms with Crippen LogP contribution in [0.5, 0.6) is 0 Å². The second kappa shape index (κ2) is 3.00. The quantitative estimate of drug-likeness (QED) is 0.595. The summed E-state index contributed by atoms with van der Waals surface area (Å²) in [5.41, 5.74) is 7.57. The van der Waals surface area contributed by atoms with E-state index in [1.807, 2.05) is 13.0 Å². The highest BCUT2D eigenvalue weighted by atomic mass is 19.1. The van der Waals surface area contributed by atoms with Gasteiger partial charge in [-0.25, -0.2) is 4.39 Å². The molecule has 2 rings (SSSR count). The molecule has 70 valence electrons. The molecule has 0 saturated heterocycles. The molecule has 1 aromatic carbocycles. The fourth-order valence-corrected chi connectivity index (χ4v) is 1.86. The van der Waals surface area contributed by atoms with Crippen LogP contribution in [0.2, 0.25) is 0 Å². The van der Waals surface area contributed by atoms with Gasteiger partial charge in [-0.3, -0.25) is 0 Å². The Kier molecular flexibility index (Phi) is 1.96. The van der Waals surface area contributed by atoms with Crippen LogP contribution in [0.15, 0.2) is 12.1 Å². The molecule has 0 amide bonds. The van der Waals surface area contributed by atoms with Crippen LogP contribution in [0.25, 0.3) is 0 Å². The molecule has 0 saturated carbocycles. The van der Waals surface area contributed by atoms with Crippen molar-refractivity contribution in [3.05, 3.63) is 29.1 Å². The summed E-state index contributed by atoms with van der Waals surface area (Å²) < 4.78 is 13.6. The first-order valence-corrected chi connectivity index (χ1v) is 4.50. The number of nitrogen functional groups attached to an aromatic ring is 1. The van der Waals surface area contributed by atoms with Crippen LogP contribution in [-0.4, -0.2) is 6.54 Å². The van der Waals surface area contributed by atoms with Crippen LogP contribution in [0, 0.1) is 5.82 Å². The molecule has 0 radical (unpaired) electrons. The van der Waals surface area contributed by atoms with Crippen LogP contribution in [0.3, 0.4) is 0 Å². The van der Waals surface area contributed by atoms with E-state index in [1.165, 1.54) is 0 Å². The third kappa shape index (κ3) is 1.29. The number of anilines is 1. The Bertz CT molecular complexity index is 336. The average molecular weight is 180 g/mol. The van der Waals surface area contributed by atoms with Gasteiger partial charge in [-0.1, -0.05) is 6.07 Å². The predicted octanol–water partition coefficient (Wildman–Crippen LogP) is 1.61. The van der Waals surface area contributed by atoms with Crippen LogP contribution >= 0.6 is 0 Å². The van der Waals surface area contributed by atoms with Gasteiger partial charge in [0.05, 0.1) is 5.69 Å². The third-order valence-electron chi connectivity index (χ3n) is 2.58. The fraction of sp³-hybridized carbons (Fsp3) is 0.400. The van der Waals surface area contributed by atoms with E-state index in [2.05, 4.69) is 5.32 Å². The summed E-state index contributed by atoms with van der Waals surface area (Å²) in [6.45, 7) is 2.87. The highest BCUT2D eigenvalue weighted by Gasteiger charge is 2.20. The second-order valence-corrected chi connectivity index (χ2v) is 3.47. The van der Waals surface area contributed by atoms with Crippen molar-refractivity contribution in [1.82, 2.24) is 5.32 Å². The van der Waals surface area contributed by atoms with Crippen LogP contribution in [0.1, 0.15) is 24.1 Å². The smallest absolute Gasteiger partial charge is 0.151 e. The van der Waals surface area contributed by atoms with Gasteiger partial charge in [-0.2, -0.15) is 0 Å². The Morgan fingerprint density at radius 1 is 1.54 bits per heavy atom. The second-order valence-electron chi connectivity index (χ2n) is 3.47. The molecule has 0 aromatic heterocycles. The number of hydrogen-bond acceptors (Lipinski definition) is 2. The number of benzene rings is 1. The van der Waals surface area contributed by atoms with Gasteiger partial charge in [0.2, 0.25) is 0 Å². The summed E-state index contributed by atoms with van der Waals surface area (Å²) >= 11 is 0. The summed E-state index contributed by atoms with van der Waals surface area (Å²) in [4.78, 5) is 0. The highest BCUT2D eigenvalue weighted by Crippen LogP contribution is 2.28. The van der Waals surface area contributed by atoms with Crippen molar-refractivity contribution in [2.45, 2.75) is 19.4 Å². The van der Waals surface area contributed by atoms with Gasteiger partial charge in [0.25, 0.3) is 0 Å². The molecule has 1 aromatic rings. The molecule has 0 aliphatic carbocycles. The molecular weight excluding hydrogens is 167 g/mol. The Morgan fingerprint density at radius 2 is 2.31 bits per heavy atom.